The lowest BCUT2D eigenvalue weighted by Gasteiger charge is -2.63. The van der Waals surface area contributed by atoms with Crippen LogP contribution in [0.5, 0.6) is 0 Å². The Morgan fingerprint density at radius 2 is 1.68 bits per heavy atom. The topological polar surface area (TPSA) is 116 Å². The van der Waals surface area contributed by atoms with Gasteiger partial charge in [-0.15, -0.1) is 0 Å². The van der Waals surface area contributed by atoms with Gasteiger partial charge in [0.05, 0.1) is 13.2 Å². The lowest BCUT2D eigenvalue weighted by atomic mass is 9.45. The summed E-state index contributed by atoms with van der Waals surface area (Å²) in [5.74, 6) is 1.44. The van der Waals surface area contributed by atoms with Crippen molar-refractivity contribution in [3.05, 3.63) is 0 Å². The van der Waals surface area contributed by atoms with Crippen LogP contribution in [0.2, 0.25) is 0 Å². The van der Waals surface area contributed by atoms with Crippen molar-refractivity contribution >= 4 is 0 Å². The Labute approximate surface area is 130 Å². The lowest BCUT2D eigenvalue weighted by Crippen LogP contribution is -2.71. The van der Waals surface area contributed by atoms with Crippen LogP contribution in [0, 0.1) is 23.7 Å². The molecular weight excluding hydrogens is 286 g/mol. The van der Waals surface area contributed by atoms with Crippen LogP contribution in [0.1, 0.15) is 32.1 Å². The molecule has 0 spiro atoms. The van der Waals surface area contributed by atoms with E-state index in [9.17, 15) is 20.4 Å². The van der Waals surface area contributed by atoms with E-state index >= 15 is 0 Å². The van der Waals surface area contributed by atoms with Crippen molar-refractivity contribution in [1.82, 2.24) is 0 Å². The molecule has 126 valence electrons. The van der Waals surface area contributed by atoms with Crippen LogP contribution < -0.4 is 5.73 Å². The molecule has 1 aliphatic heterocycles. The van der Waals surface area contributed by atoms with Gasteiger partial charge in [0.15, 0.2) is 0 Å². The Bertz CT molecular complexity index is 446. The molecule has 6 nitrogen and oxygen atoms in total. The zero-order chi connectivity index (χ0) is 15.7. The molecule has 1 saturated heterocycles. The number of hydrogen-bond donors (Lipinski definition) is 5. The predicted octanol–water partition coefficient (Wildman–Crippen LogP) is -1.02. The van der Waals surface area contributed by atoms with Gasteiger partial charge in [-0.2, -0.15) is 0 Å². The Morgan fingerprint density at radius 3 is 2.14 bits per heavy atom. The minimum Gasteiger partial charge on any atom is -0.394 e. The van der Waals surface area contributed by atoms with E-state index in [4.69, 9.17) is 10.5 Å². The van der Waals surface area contributed by atoms with Gasteiger partial charge in [-0.05, 0) is 49.9 Å². The van der Waals surface area contributed by atoms with E-state index in [-0.39, 0.29) is 19.1 Å². The summed E-state index contributed by atoms with van der Waals surface area (Å²) in [4.78, 5) is 0. The first-order valence-corrected chi connectivity index (χ1v) is 8.48. The van der Waals surface area contributed by atoms with E-state index < -0.39 is 29.5 Å². The molecule has 22 heavy (non-hydrogen) atoms. The summed E-state index contributed by atoms with van der Waals surface area (Å²) in [6, 6.07) is 0. The van der Waals surface area contributed by atoms with Crippen molar-refractivity contribution in [1.29, 1.82) is 0 Å². The number of aliphatic hydroxyl groups excluding tert-OH is 4. The fraction of sp³-hybridized carbons (Fsp3) is 1.00. The van der Waals surface area contributed by atoms with Gasteiger partial charge in [0.2, 0.25) is 0 Å². The van der Waals surface area contributed by atoms with Gasteiger partial charge in [-0.25, -0.2) is 0 Å². The van der Waals surface area contributed by atoms with E-state index in [0.29, 0.717) is 17.8 Å². The third kappa shape index (κ3) is 1.82. The molecule has 6 N–H and O–H groups in total. The third-order valence-electron chi connectivity index (χ3n) is 6.90. The van der Waals surface area contributed by atoms with Crippen LogP contribution in [0.4, 0.5) is 0 Å². The molecule has 0 aromatic heterocycles. The van der Waals surface area contributed by atoms with Crippen LogP contribution in [-0.2, 0) is 4.74 Å². The molecule has 0 aromatic carbocycles. The van der Waals surface area contributed by atoms with Crippen LogP contribution >= 0.6 is 0 Å². The molecule has 4 bridgehead atoms. The van der Waals surface area contributed by atoms with Crippen molar-refractivity contribution in [2.24, 2.45) is 29.4 Å². The van der Waals surface area contributed by atoms with E-state index in [1.165, 1.54) is 6.42 Å². The monoisotopic (exact) mass is 313 g/mol. The quantitative estimate of drug-likeness (QED) is 0.456. The highest BCUT2D eigenvalue weighted by atomic mass is 16.6. The molecular formula is C16H27NO5. The maximum atomic E-state index is 10.6. The maximum Gasteiger partial charge on any atom is 0.125 e. The van der Waals surface area contributed by atoms with Crippen LogP contribution in [0.15, 0.2) is 0 Å². The van der Waals surface area contributed by atoms with Gasteiger partial charge in [0.25, 0.3) is 0 Å². The van der Waals surface area contributed by atoms with Crippen molar-refractivity contribution in [2.45, 2.75) is 61.6 Å². The van der Waals surface area contributed by atoms with Gasteiger partial charge in [0.1, 0.15) is 23.9 Å². The first-order valence-electron chi connectivity index (χ1n) is 8.48. The highest BCUT2D eigenvalue weighted by Gasteiger charge is 2.67. The minimum atomic E-state index is -1.25. The molecule has 5 rings (SSSR count). The molecule has 0 radical (unpaired) electrons. The van der Waals surface area contributed by atoms with Gasteiger partial charge in [-0.1, -0.05) is 0 Å². The smallest absolute Gasteiger partial charge is 0.125 e. The lowest BCUT2D eigenvalue weighted by molar-refractivity contribution is -0.214. The maximum absolute atomic E-state index is 10.6. The fourth-order valence-electron chi connectivity index (χ4n) is 6.53. The Hall–Kier alpha value is -0.240. The number of nitrogens with two attached hydrogens (primary N) is 1. The van der Waals surface area contributed by atoms with E-state index in [1.807, 2.05) is 0 Å². The van der Waals surface area contributed by atoms with E-state index in [2.05, 4.69) is 0 Å². The van der Waals surface area contributed by atoms with Gasteiger partial charge in [-0.3, -0.25) is 0 Å². The number of ether oxygens (including phenoxy) is 1. The summed E-state index contributed by atoms with van der Waals surface area (Å²) >= 11 is 0. The van der Waals surface area contributed by atoms with Crippen molar-refractivity contribution < 1.29 is 25.2 Å². The third-order valence-corrected chi connectivity index (χ3v) is 6.90. The second-order valence-electron chi connectivity index (χ2n) is 8.21. The largest absolute Gasteiger partial charge is 0.394 e. The minimum absolute atomic E-state index is 0.168. The number of hydrogen-bond acceptors (Lipinski definition) is 6. The second-order valence-corrected chi connectivity index (χ2v) is 8.21. The molecule has 4 saturated carbocycles. The zero-order valence-electron chi connectivity index (χ0n) is 12.8. The van der Waals surface area contributed by atoms with Crippen molar-refractivity contribution in [3.63, 3.8) is 0 Å². The Kier molecular flexibility index (Phi) is 3.39. The highest BCUT2D eigenvalue weighted by Crippen LogP contribution is 2.62. The van der Waals surface area contributed by atoms with Gasteiger partial charge < -0.3 is 30.9 Å². The number of aliphatic hydroxyl groups is 4. The van der Waals surface area contributed by atoms with E-state index in [1.54, 1.807) is 0 Å². The molecule has 5 aliphatic rings. The van der Waals surface area contributed by atoms with Crippen LogP contribution in [0.25, 0.3) is 0 Å². The predicted molar refractivity (Wildman–Crippen MR) is 77.8 cm³/mol. The van der Waals surface area contributed by atoms with E-state index in [0.717, 1.165) is 25.7 Å². The normalized spacial score (nSPS) is 60.1. The summed E-state index contributed by atoms with van der Waals surface area (Å²) in [6.07, 6.45) is 1.94. The van der Waals surface area contributed by atoms with Crippen molar-refractivity contribution in [3.8, 4) is 0 Å². The highest BCUT2D eigenvalue weighted by molar-refractivity contribution is 5.19. The molecule has 7 atom stereocenters. The average molecular weight is 313 g/mol. The molecule has 6 heteroatoms. The van der Waals surface area contributed by atoms with Crippen molar-refractivity contribution in [2.75, 3.05) is 13.2 Å². The summed E-state index contributed by atoms with van der Waals surface area (Å²) < 4.78 is 5.88. The molecule has 5 fully saturated rings. The molecule has 0 amide bonds. The Balaban J connectivity index is 1.73. The zero-order valence-corrected chi connectivity index (χ0v) is 12.8. The second kappa shape index (κ2) is 4.88. The van der Waals surface area contributed by atoms with Crippen LogP contribution in [-0.4, -0.2) is 63.1 Å². The first kappa shape index (κ1) is 15.3. The average Bonchev–Trinajstić information content (AvgIpc) is 2.70. The van der Waals surface area contributed by atoms with Gasteiger partial charge in [0, 0.05) is 11.5 Å². The molecule has 4 aliphatic carbocycles. The first-order chi connectivity index (χ1) is 10.4. The summed E-state index contributed by atoms with van der Waals surface area (Å²) in [6.45, 7) is -0.753. The molecule has 4 unspecified atom stereocenters. The molecule has 1 heterocycles. The van der Waals surface area contributed by atoms with Crippen LogP contribution in [0.3, 0.4) is 0 Å². The molecule has 0 aromatic rings. The summed E-state index contributed by atoms with van der Waals surface area (Å²) in [5, 5.41) is 40.3. The fourth-order valence-corrected chi connectivity index (χ4v) is 6.53. The SMILES string of the molecule is NC12CC3CC(CC(C3)C1C1(CO)O[C@H](CO)[C@@H](O)[C@@H]1O)C2. The van der Waals surface area contributed by atoms with Gasteiger partial charge >= 0.3 is 0 Å². The summed E-state index contributed by atoms with van der Waals surface area (Å²) in [7, 11) is 0. The summed E-state index contributed by atoms with van der Waals surface area (Å²) in [5.41, 5.74) is 5.06. The standard InChI is InChI=1S/C16H27NO5/c17-15-4-8-1-9(5-15)3-10(2-8)13(15)16(7-19)14(21)12(20)11(6-18)22-16/h8-14,18-21H,1-7,17H2/t8?,9?,10?,11-,12-,13?,14+,15?,16?/m1/s1. The number of rotatable bonds is 3. The Morgan fingerprint density at radius 1 is 1.05 bits per heavy atom.